The van der Waals surface area contributed by atoms with E-state index >= 15 is 0 Å². The number of hydrogen-bond donors (Lipinski definition) is 3. The lowest BCUT2D eigenvalue weighted by Gasteiger charge is -2.17. The van der Waals surface area contributed by atoms with Gasteiger partial charge in [-0.1, -0.05) is 11.6 Å². The number of hydrogen-bond acceptors (Lipinski definition) is 5. The van der Waals surface area contributed by atoms with Crippen LogP contribution in [0.15, 0.2) is 48.9 Å². The van der Waals surface area contributed by atoms with Gasteiger partial charge in [-0.25, -0.2) is 10.6 Å². The topological polar surface area (TPSA) is 105 Å². The van der Waals surface area contributed by atoms with E-state index in [1.165, 1.54) is 29.4 Å². The number of aromatic carboxylic acids is 1. The van der Waals surface area contributed by atoms with Crippen LogP contribution in [-0.4, -0.2) is 16.1 Å². The molecule has 2 rings (SSSR count). The molecule has 0 aliphatic rings. The van der Waals surface area contributed by atoms with Gasteiger partial charge < -0.3 is 10.8 Å². The van der Waals surface area contributed by atoms with Gasteiger partial charge in [-0.15, -0.1) is 0 Å². The first kappa shape index (κ1) is 14.8. The van der Waals surface area contributed by atoms with Gasteiger partial charge in [0.15, 0.2) is 0 Å². The zero-order chi connectivity index (χ0) is 15.4. The quantitative estimate of drug-likeness (QED) is 0.590. The van der Waals surface area contributed by atoms with Gasteiger partial charge in [0.05, 0.1) is 22.0 Å². The van der Waals surface area contributed by atoms with Gasteiger partial charge >= 0.3 is 5.97 Å². The van der Waals surface area contributed by atoms with E-state index in [4.69, 9.17) is 28.3 Å². The molecule has 2 aromatic rings. The Morgan fingerprint density at radius 1 is 1.33 bits per heavy atom. The van der Waals surface area contributed by atoms with E-state index in [2.05, 4.69) is 4.98 Å². The predicted octanol–water partition coefficient (Wildman–Crippen LogP) is 2.07. The Kier molecular flexibility index (Phi) is 4.42. The van der Waals surface area contributed by atoms with Crippen LogP contribution >= 0.6 is 11.6 Å². The number of anilines is 1. The second-order valence-electron chi connectivity index (χ2n) is 4.20. The number of nitrogens with two attached hydrogens (primary N) is 2. The normalized spacial score (nSPS) is 11.2. The lowest BCUT2D eigenvalue weighted by atomic mass is 10.2. The second-order valence-corrected chi connectivity index (χ2v) is 4.61. The highest BCUT2D eigenvalue weighted by atomic mass is 35.5. The molecule has 0 fully saturated rings. The van der Waals surface area contributed by atoms with E-state index in [1.807, 2.05) is 0 Å². The summed E-state index contributed by atoms with van der Waals surface area (Å²) < 4.78 is 0. The molecule has 108 valence electrons. The number of carboxylic acid groups (broad SMARTS) is 1. The van der Waals surface area contributed by atoms with Crippen molar-refractivity contribution in [2.75, 3.05) is 5.01 Å². The molecular formula is C14H13ClN4O2. The molecule has 0 amide bonds. The number of benzene rings is 1. The Bertz CT molecular complexity index is 689. The SMILES string of the molecule is N/C(=C\N(N)c1cc(C(=O)O)ccc1Cl)c1cccnc1. The van der Waals surface area contributed by atoms with E-state index in [0.29, 0.717) is 22.0 Å². The van der Waals surface area contributed by atoms with Gasteiger partial charge in [-0.2, -0.15) is 0 Å². The standard InChI is InChI=1S/C14H13ClN4O2/c15-11-4-3-9(14(20)21)6-13(11)19(17)8-12(16)10-2-1-5-18-7-10/h1-8H,16-17H2,(H,20,21)/b12-8-. The van der Waals surface area contributed by atoms with Crippen molar-refractivity contribution in [3.63, 3.8) is 0 Å². The summed E-state index contributed by atoms with van der Waals surface area (Å²) in [5, 5.41) is 10.5. The van der Waals surface area contributed by atoms with Gasteiger partial charge in [0.2, 0.25) is 0 Å². The van der Waals surface area contributed by atoms with E-state index < -0.39 is 5.97 Å². The Morgan fingerprint density at radius 3 is 2.71 bits per heavy atom. The van der Waals surface area contributed by atoms with Crippen LogP contribution in [0.4, 0.5) is 5.69 Å². The molecule has 0 atom stereocenters. The molecule has 0 bridgehead atoms. The highest BCUT2D eigenvalue weighted by Crippen LogP contribution is 2.26. The number of carbonyl (C=O) groups is 1. The second kappa shape index (κ2) is 6.25. The first-order valence-corrected chi connectivity index (χ1v) is 6.31. The summed E-state index contributed by atoms with van der Waals surface area (Å²) in [7, 11) is 0. The van der Waals surface area contributed by atoms with Crippen molar-refractivity contribution in [3.05, 3.63) is 65.1 Å². The predicted molar refractivity (Wildman–Crippen MR) is 81.5 cm³/mol. The fourth-order valence-electron chi connectivity index (χ4n) is 1.67. The molecule has 1 heterocycles. The molecule has 1 aromatic carbocycles. The van der Waals surface area contributed by atoms with Crippen LogP contribution in [0.25, 0.3) is 5.70 Å². The first-order valence-electron chi connectivity index (χ1n) is 5.93. The molecule has 5 N–H and O–H groups in total. The lowest BCUT2D eigenvalue weighted by molar-refractivity contribution is 0.0697. The van der Waals surface area contributed by atoms with Crippen molar-refractivity contribution in [2.45, 2.75) is 0 Å². The third kappa shape index (κ3) is 3.50. The maximum absolute atomic E-state index is 11.0. The number of hydrazine groups is 1. The van der Waals surface area contributed by atoms with Crippen molar-refractivity contribution in [2.24, 2.45) is 11.6 Å². The molecule has 0 aliphatic carbocycles. The fourth-order valence-corrected chi connectivity index (χ4v) is 1.89. The van der Waals surface area contributed by atoms with E-state index in [0.717, 1.165) is 0 Å². The summed E-state index contributed by atoms with van der Waals surface area (Å²) in [6.07, 6.45) is 4.67. The molecule has 0 unspecified atom stereocenters. The molecule has 7 heteroatoms. The largest absolute Gasteiger partial charge is 0.478 e. The van der Waals surface area contributed by atoms with Gasteiger partial charge in [0.25, 0.3) is 0 Å². The van der Waals surface area contributed by atoms with Crippen molar-refractivity contribution in [3.8, 4) is 0 Å². The Morgan fingerprint density at radius 2 is 2.10 bits per heavy atom. The van der Waals surface area contributed by atoms with Gasteiger partial charge in [-0.05, 0) is 30.3 Å². The van der Waals surface area contributed by atoms with E-state index in [9.17, 15) is 4.79 Å². The van der Waals surface area contributed by atoms with Crippen molar-refractivity contribution in [1.29, 1.82) is 0 Å². The summed E-state index contributed by atoms with van der Waals surface area (Å²) in [6.45, 7) is 0. The average Bonchev–Trinajstić information content (AvgIpc) is 2.48. The van der Waals surface area contributed by atoms with Gasteiger partial charge in [-0.3, -0.25) is 9.99 Å². The maximum atomic E-state index is 11.0. The van der Waals surface area contributed by atoms with Gasteiger partial charge in [0, 0.05) is 24.2 Å². The Labute approximate surface area is 126 Å². The van der Waals surface area contributed by atoms with Crippen LogP contribution in [0, 0.1) is 0 Å². The van der Waals surface area contributed by atoms with Crippen LogP contribution in [-0.2, 0) is 0 Å². The molecule has 1 aromatic heterocycles. The maximum Gasteiger partial charge on any atom is 0.335 e. The van der Waals surface area contributed by atoms with Crippen LogP contribution < -0.4 is 16.6 Å². The molecule has 0 radical (unpaired) electrons. The Hall–Kier alpha value is -2.57. The fraction of sp³-hybridized carbons (Fsp3) is 0. The summed E-state index contributed by atoms with van der Waals surface area (Å²) >= 11 is 6.03. The van der Waals surface area contributed by atoms with Crippen LogP contribution in [0.2, 0.25) is 5.02 Å². The van der Waals surface area contributed by atoms with Crippen molar-refractivity contribution < 1.29 is 9.90 Å². The van der Waals surface area contributed by atoms with Crippen LogP contribution in [0.3, 0.4) is 0 Å². The molecule has 0 saturated heterocycles. The third-order valence-electron chi connectivity index (χ3n) is 2.74. The smallest absolute Gasteiger partial charge is 0.335 e. The lowest BCUT2D eigenvalue weighted by Crippen LogP contribution is -2.26. The molecule has 0 aliphatic heterocycles. The van der Waals surface area contributed by atoms with E-state index in [1.54, 1.807) is 24.5 Å². The monoisotopic (exact) mass is 304 g/mol. The van der Waals surface area contributed by atoms with Crippen molar-refractivity contribution >= 4 is 29.0 Å². The minimum absolute atomic E-state index is 0.0817. The molecule has 21 heavy (non-hydrogen) atoms. The van der Waals surface area contributed by atoms with E-state index in [-0.39, 0.29) is 5.56 Å². The minimum atomic E-state index is -1.06. The number of pyridine rings is 1. The van der Waals surface area contributed by atoms with Crippen molar-refractivity contribution in [1.82, 2.24) is 4.98 Å². The van der Waals surface area contributed by atoms with Gasteiger partial charge in [0.1, 0.15) is 0 Å². The highest BCUT2D eigenvalue weighted by Gasteiger charge is 2.11. The third-order valence-corrected chi connectivity index (χ3v) is 3.06. The number of aromatic nitrogens is 1. The number of carboxylic acids is 1. The highest BCUT2D eigenvalue weighted by molar-refractivity contribution is 6.33. The van der Waals surface area contributed by atoms with Crippen LogP contribution in [0.1, 0.15) is 15.9 Å². The van der Waals surface area contributed by atoms with Crippen LogP contribution in [0.5, 0.6) is 0 Å². The molecule has 0 saturated carbocycles. The Balaban J connectivity index is 2.34. The number of halogens is 1. The summed E-state index contributed by atoms with van der Waals surface area (Å²) in [6, 6.07) is 7.76. The summed E-state index contributed by atoms with van der Waals surface area (Å²) in [5.41, 5.74) is 7.41. The number of nitrogens with zero attached hydrogens (tertiary/aromatic N) is 2. The molecule has 6 nitrogen and oxygen atoms in total. The first-order chi connectivity index (χ1) is 9.99. The zero-order valence-corrected chi connectivity index (χ0v) is 11.7. The minimum Gasteiger partial charge on any atom is -0.478 e. The molecule has 0 spiro atoms. The average molecular weight is 305 g/mol. The zero-order valence-electron chi connectivity index (χ0n) is 10.9. The summed E-state index contributed by atoms with van der Waals surface area (Å²) in [4.78, 5) is 14.9. The molecular weight excluding hydrogens is 292 g/mol. The summed E-state index contributed by atoms with van der Waals surface area (Å²) in [5.74, 6) is 4.82. The number of rotatable bonds is 4.